The quantitative estimate of drug-likeness (QED) is 0.325. The van der Waals surface area contributed by atoms with Crippen molar-refractivity contribution >= 4 is 27.3 Å². The summed E-state index contributed by atoms with van der Waals surface area (Å²) < 4.78 is 89.3. The van der Waals surface area contributed by atoms with Gasteiger partial charge in [-0.1, -0.05) is 0 Å². The number of nitrogens with zero attached hydrogens (tertiary/aromatic N) is 1. The number of anilines is 2. The van der Waals surface area contributed by atoms with E-state index in [2.05, 4.69) is 4.72 Å². The van der Waals surface area contributed by atoms with E-state index < -0.39 is 67.5 Å². The van der Waals surface area contributed by atoms with Gasteiger partial charge in [-0.05, 0) is 47.5 Å². The topological polar surface area (TPSA) is 87.7 Å². The molecule has 1 aliphatic rings. The minimum Gasteiger partial charge on any atom is -0.372 e. The van der Waals surface area contributed by atoms with Crippen molar-refractivity contribution in [2.45, 2.75) is 70.8 Å². The zero-order valence-corrected chi connectivity index (χ0v) is 20.2. The predicted octanol–water partition coefficient (Wildman–Crippen LogP) is 3.68. The number of sulfonamides is 1. The largest absolute Gasteiger partial charge is 0.372 e. The second kappa shape index (κ2) is 10.6. The van der Waals surface area contributed by atoms with E-state index in [1.807, 2.05) is 5.32 Å². The smallest absolute Gasteiger partial charge is 0.224 e. The Balaban J connectivity index is 2.03. The van der Waals surface area contributed by atoms with Crippen molar-refractivity contribution in [1.29, 1.82) is 0 Å². The maximum Gasteiger partial charge on any atom is 0.224 e. The van der Waals surface area contributed by atoms with E-state index in [0.29, 0.717) is 0 Å². The zero-order chi connectivity index (χ0) is 25.1. The second-order valence-corrected chi connectivity index (χ2v) is 11.7. The molecule has 1 saturated heterocycles. The molecule has 0 bridgehead atoms. The van der Waals surface area contributed by atoms with Gasteiger partial charge in [0.15, 0.2) is 23.3 Å². The van der Waals surface area contributed by atoms with Gasteiger partial charge in [-0.2, -0.15) is 0 Å². The van der Waals surface area contributed by atoms with Crippen molar-refractivity contribution in [3.8, 4) is 0 Å². The number of unbranched alkanes of at least 4 members (excludes halogenated alkanes) is 1. The first-order valence-electron chi connectivity index (χ1n) is 10.7. The highest BCUT2D eigenvalue weighted by atomic mass is 32.2. The van der Waals surface area contributed by atoms with Gasteiger partial charge in [-0.25, -0.2) is 30.7 Å². The van der Waals surface area contributed by atoms with Crippen LogP contribution in [0.25, 0.3) is 0 Å². The van der Waals surface area contributed by atoms with Crippen LogP contribution in [0.2, 0.25) is 0 Å². The Labute approximate surface area is 191 Å². The molecule has 2 N–H and O–H groups in total. The number of hydrogen-bond acceptors (Lipinski definition) is 5. The maximum absolute atomic E-state index is 14.7. The van der Waals surface area contributed by atoms with Crippen molar-refractivity contribution in [1.82, 2.24) is 4.72 Å². The minimum absolute atomic E-state index is 0.0434. The van der Waals surface area contributed by atoms with Crippen LogP contribution in [-0.4, -0.2) is 50.9 Å². The Morgan fingerprint density at radius 2 is 1.52 bits per heavy atom. The fourth-order valence-corrected chi connectivity index (χ4v) is 4.25. The van der Waals surface area contributed by atoms with Crippen LogP contribution >= 0.6 is 0 Å². The Bertz CT molecular complexity index is 944. The minimum atomic E-state index is -3.53. The average Bonchev–Trinajstić information content (AvgIpc) is 2.68. The summed E-state index contributed by atoms with van der Waals surface area (Å²) in [5, 5.41) is 1.89. The van der Waals surface area contributed by atoms with Gasteiger partial charge in [0.25, 0.3) is 0 Å². The highest BCUT2D eigenvalue weighted by Crippen LogP contribution is 2.35. The Morgan fingerprint density at radius 1 is 1.00 bits per heavy atom. The molecule has 2 atom stereocenters. The van der Waals surface area contributed by atoms with Crippen LogP contribution < -0.4 is 14.9 Å². The highest BCUT2D eigenvalue weighted by molar-refractivity contribution is 7.90. The summed E-state index contributed by atoms with van der Waals surface area (Å²) in [6, 6.07) is 0. The van der Waals surface area contributed by atoms with E-state index in [0.717, 1.165) is 0 Å². The molecule has 1 aliphatic heterocycles. The van der Waals surface area contributed by atoms with E-state index >= 15 is 0 Å². The van der Waals surface area contributed by atoms with Crippen LogP contribution in [0.4, 0.5) is 28.9 Å². The Kier molecular flexibility index (Phi) is 8.74. The monoisotopic (exact) mass is 497 g/mol. The van der Waals surface area contributed by atoms with Gasteiger partial charge in [0.1, 0.15) is 11.4 Å². The van der Waals surface area contributed by atoms with Crippen LogP contribution in [0.15, 0.2) is 0 Å². The number of rotatable bonds is 8. The summed E-state index contributed by atoms with van der Waals surface area (Å²) in [4.78, 5) is 13.3. The molecule has 0 spiro atoms. The van der Waals surface area contributed by atoms with Crippen molar-refractivity contribution in [2.75, 3.05) is 29.9 Å². The van der Waals surface area contributed by atoms with Crippen LogP contribution in [-0.2, 0) is 19.6 Å². The Hall–Kier alpha value is -1.92. The van der Waals surface area contributed by atoms with Crippen molar-refractivity contribution in [3.63, 3.8) is 0 Å². The third-order valence-corrected chi connectivity index (χ3v) is 7.37. The fraction of sp³-hybridized carbons (Fsp3) is 0.667. The molecule has 1 aromatic rings. The van der Waals surface area contributed by atoms with Crippen molar-refractivity contribution in [2.24, 2.45) is 0 Å². The highest BCUT2D eigenvalue weighted by Gasteiger charge is 2.33. The molecule has 0 aliphatic carbocycles. The summed E-state index contributed by atoms with van der Waals surface area (Å²) in [6.45, 7) is 8.12. The summed E-state index contributed by atoms with van der Waals surface area (Å²) in [5.74, 6) is -7.43. The molecule has 1 fully saturated rings. The molecule has 2 rings (SSSR count). The number of carbonyl (C=O) groups is 1. The number of carbonyl (C=O) groups excluding carboxylic acids is 1. The SMILES string of the molecule is C[C@@H]1CN(c2c(F)c(F)c(NC(=O)CCCCNS(=O)(=O)C(C)(C)C)c(F)c2F)C[C@H](C)O1. The number of halogens is 4. The molecule has 33 heavy (non-hydrogen) atoms. The molecular formula is C21H31F4N3O4S. The van der Waals surface area contributed by atoms with Gasteiger partial charge >= 0.3 is 0 Å². The molecule has 12 heteroatoms. The molecule has 0 radical (unpaired) electrons. The van der Waals surface area contributed by atoms with Crippen molar-refractivity contribution < 1.29 is 35.5 Å². The van der Waals surface area contributed by atoms with Crippen LogP contribution in [0.5, 0.6) is 0 Å². The normalized spacial score (nSPS) is 19.6. The van der Waals surface area contributed by atoms with Gasteiger partial charge in [0.2, 0.25) is 15.9 Å². The number of benzene rings is 1. The van der Waals surface area contributed by atoms with E-state index in [4.69, 9.17) is 4.74 Å². The maximum atomic E-state index is 14.7. The average molecular weight is 498 g/mol. The standard InChI is InChI=1S/C21H31F4N3O4S/c1-12-10-28(11-13(2)32-12)20-17(24)15(22)19(16(23)18(20)25)27-14(29)8-6-7-9-26-33(30,31)21(3,4)5/h12-13,26H,6-11H2,1-5H3,(H,27,29)/t12-,13+. The number of nitrogens with one attached hydrogen (secondary N) is 2. The second-order valence-electron chi connectivity index (χ2n) is 9.16. The van der Waals surface area contributed by atoms with Gasteiger partial charge in [-0.3, -0.25) is 4.79 Å². The lowest BCUT2D eigenvalue weighted by Crippen LogP contribution is -2.46. The molecule has 188 valence electrons. The summed E-state index contributed by atoms with van der Waals surface area (Å²) in [7, 11) is -3.53. The van der Waals surface area contributed by atoms with Crippen LogP contribution in [0.3, 0.4) is 0 Å². The lowest BCUT2D eigenvalue weighted by molar-refractivity contribution is -0.116. The van der Waals surface area contributed by atoms with E-state index in [1.54, 1.807) is 13.8 Å². The van der Waals surface area contributed by atoms with Crippen LogP contribution in [0, 0.1) is 23.3 Å². The number of morpholine rings is 1. The number of hydrogen-bond donors (Lipinski definition) is 2. The predicted molar refractivity (Wildman–Crippen MR) is 118 cm³/mol. The molecule has 1 heterocycles. The first kappa shape index (κ1) is 27.3. The molecule has 0 aromatic heterocycles. The number of ether oxygens (including phenoxy) is 1. The molecule has 1 aromatic carbocycles. The first-order valence-corrected chi connectivity index (χ1v) is 12.2. The summed E-state index contributed by atoms with van der Waals surface area (Å²) in [5.41, 5.74) is -2.03. The molecule has 1 amide bonds. The van der Waals surface area contributed by atoms with Gasteiger partial charge in [0, 0.05) is 26.1 Å². The zero-order valence-electron chi connectivity index (χ0n) is 19.4. The van der Waals surface area contributed by atoms with Gasteiger partial charge in [0.05, 0.1) is 17.0 Å². The van der Waals surface area contributed by atoms with Crippen molar-refractivity contribution in [3.05, 3.63) is 23.3 Å². The summed E-state index contributed by atoms with van der Waals surface area (Å²) >= 11 is 0. The molecular weight excluding hydrogens is 466 g/mol. The fourth-order valence-electron chi connectivity index (χ4n) is 3.40. The van der Waals surface area contributed by atoms with Crippen LogP contribution in [0.1, 0.15) is 53.9 Å². The van der Waals surface area contributed by atoms with E-state index in [1.165, 1.54) is 25.7 Å². The first-order chi connectivity index (χ1) is 15.2. The molecule has 0 unspecified atom stereocenters. The number of amides is 1. The van der Waals surface area contributed by atoms with Gasteiger partial charge in [-0.15, -0.1) is 0 Å². The molecule has 7 nitrogen and oxygen atoms in total. The lowest BCUT2D eigenvalue weighted by atomic mass is 10.1. The third-order valence-electron chi connectivity index (χ3n) is 5.17. The van der Waals surface area contributed by atoms with E-state index in [-0.39, 0.29) is 38.9 Å². The van der Waals surface area contributed by atoms with E-state index in [9.17, 15) is 30.8 Å². The molecule has 0 saturated carbocycles. The summed E-state index contributed by atoms with van der Waals surface area (Å²) in [6.07, 6.45) is -0.548. The Morgan fingerprint density at radius 3 is 2.00 bits per heavy atom. The third kappa shape index (κ3) is 6.57. The van der Waals surface area contributed by atoms with Gasteiger partial charge < -0.3 is 15.0 Å². The lowest BCUT2D eigenvalue weighted by Gasteiger charge is -2.37.